The van der Waals surface area contributed by atoms with E-state index in [2.05, 4.69) is 33.9 Å². The number of methoxy groups -OCH3 is 1. The van der Waals surface area contributed by atoms with Gasteiger partial charge in [-0.1, -0.05) is 22.5 Å². The quantitative estimate of drug-likeness (QED) is 0.912. The maximum Gasteiger partial charge on any atom is 0.143 e. The summed E-state index contributed by atoms with van der Waals surface area (Å²) >= 11 is 3.26. The number of benzene rings is 1. The van der Waals surface area contributed by atoms with Crippen LogP contribution in [0.2, 0.25) is 0 Å². The Bertz CT molecular complexity index is 410. The van der Waals surface area contributed by atoms with Gasteiger partial charge in [-0.05, 0) is 12.1 Å². The van der Waals surface area contributed by atoms with E-state index in [1.165, 1.54) is 0 Å². The third kappa shape index (κ3) is 3.30. The van der Waals surface area contributed by atoms with Gasteiger partial charge in [0.15, 0.2) is 0 Å². The van der Waals surface area contributed by atoms with Gasteiger partial charge in [-0.3, -0.25) is 0 Å². The molecule has 0 radical (unpaired) electrons. The largest absolute Gasteiger partial charge is 0.495 e. The predicted octanol–water partition coefficient (Wildman–Crippen LogP) is 2.89. The van der Waals surface area contributed by atoms with E-state index >= 15 is 0 Å². The zero-order chi connectivity index (χ0) is 11.3. The molecular formula is C11H11BrN2O. The Morgan fingerprint density at radius 1 is 1.67 bits per heavy atom. The number of anilines is 1. The van der Waals surface area contributed by atoms with Crippen LogP contribution in [0.4, 0.5) is 5.69 Å². The normalized spacial score (nSPS) is 9.13. The molecule has 78 valence electrons. The summed E-state index contributed by atoms with van der Waals surface area (Å²) in [7, 11) is 1.57. The van der Waals surface area contributed by atoms with Crippen molar-refractivity contribution in [1.29, 1.82) is 5.26 Å². The van der Waals surface area contributed by atoms with Crippen molar-refractivity contribution >= 4 is 21.6 Å². The van der Waals surface area contributed by atoms with Gasteiger partial charge in [-0.15, -0.1) is 0 Å². The number of hydrogen-bond donors (Lipinski definition) is 1. The summed E-state index contributed by atoms with van der Waals surface area (Å²) < 4.78 is 6.02. The molecule has 0 amide bonds. The molecule has 0 heterocycles. The Kier molecular flexibility index (Phi) is 4.19. The highest BCUT2D eigenvalue weighted by Crippen LogP contribution is 2.25. The lowest BCUT2D eigenvalue weighted by atomic mass is 10.2. The lowest BCUT2D eigenvalue weighted by molar-refractivity contribution is 0.416. The number of nitriles is 1. The van der Waals surface area contributed by atoms with E-state index in [-0.39, 0.29) is 0 Å². The van der Waals surface area contributed by atoms with Gasteiger partial charge in [-0.25, -0.2) is 0 Å². The smallest absolute Gasteiger partial charge is 0.143 e. The number of nitrogens with one attached hydrogen (secondary N) is 1. The molecular weight excluding hydrogens is 256 g/mol. The van der Waals surface area contributed by atoms with Gasteiger partial charge < -0.3 is 10.1 Å². The molecule has 0 atom stereocenters. The number of hydrogen-bond acceptors (Lipinski definition) is 3. The van der Waals surface area contributed by atoms with Gasteiger partial charge in [0.05, 0.1) is 24.4 Å². The van der Waals surface area contributed by atoms with Crippen LogP contribution in [0, 0.1) is 11.3 Å². The summed E-state index contributed by atoms with van der Waals surface area (Å²) in [5.41, 5.74) is 1.42. The van der Waals surface area contributed by atoms with Gasteiger partial charge in [0.1, 0.15) is 5.75 Å². The molecule has 0 unspecified atom stereocenters. The standard InChI is InChI=1S/C11H11BrN2O/c1-8(12)7-14-10-4-3-9(6-13)5-11(10)15-2/h3-5,14H,1,7H2,2H3. The summed E-state index contributed by atoms with van der Waals surface area (Å²) in [5, 5.41) is 11.9. The summed E-state index contributed by atoms with van der Waals surface area (Å²) in [6, 6.07) is 7.30. The van der Waals surface area contributed by atoms with Crippen molar-refractivity contribution in [3.63, 3.8) is 0 Å². The monoisotopic (exact) mass is 266 g/mol. The van der Waals surface area contributed by atoms with Crippen molar-refractivity contribution in [3.8, 4) is 11.8 Å². The maximum absolute atomic E-state index is 8.72. The van der Waals surface area contributed by atoms with E-state index in [1.54, 1.807) is 19.2 Å². The molecule has 1 aromatic carbocycles. The van der Waals surface area contributed by atoms with Crippen molar-refractivity contribution in [2.75, 3.05) is 19.0 Å². The van der Waals surface area contributed by atoms with Crippen molar-refractivity contribution in [3.05, 3.63) is 34.8 Å². The first-order valence-electron chi connectivity index (χ1n) is 4.32. The topological polar surface area (TPSA) is 45.0 Å². The van der Waals surface area contributed by atoms with Crippen LogP contribution in [0.25, 0.3) is 0 Å². The predicted molar refractivity (Wildman–Crippen MR) is 64.3 cm³/mol. The Hall–Kier alpha value is -1.47. The minimum absolute atomic E-state index is 0.579. The molecule has 0 aliphatic rings. The van der Waals surface area contributed by atoms with Crippen LogP contribution in [-0.4, -0.2) is 13.7 Å². The molecule has 1 rings (SSSR count). The van der Waals surface area contributed by atoms with E-state index in [0.717, 1.165) is 10.2 Å². The van der Waals surface area contributed by atoms with Crippen molar-refractivity contribution < 1.29 is 4.74 Å². The number of ether oxygens (including phenoxy) is 1. The van der Waals surface area contributed by atoms with Gasteiger partial charge in [0.25, 0.3) is 0 Å². The molecule has 4 heteroatoms. The van der Waals surface area contributed by atoms with Crippen LogP contribution in [0.3, 0.4) is 0 Å². The van der Waals surface area contributed by atoms with Crippen LogP contribution in [0.15, 0.2) is 29.3 Å². The molecule has 1 aromatic rings. The molecule has 1 N–H and O–H groups in total. The van der Waals surface area contributed by atoms with E-state index < -0.39 is 0 Å². The van der Waals surface area contributed by atoms with Crippen LogP contribution in [0.1, 0.15) is 5.56 Å². The molecule has 0 bridgehead atoms. The maximum atomic E-state index is 8.72. The first kappa shape index (κ1) is 11.6. The van der Waals surface area contributed by atoms with E-state index in [9.17, 15) is 0 Å². The zero-order valence-electron chi connectivity index (χ0n) is 8.38. The lowest BCUT2D eigenvalue weighted by Crippen LogP contribution is -2.02. The second-order valence-electron chi connectivity index (χ2n) is 2.90. The third-order valence-corrected chi connectivity index (χ3v) is 2.08. The molecule has 3 nitrogen and oxygen atoms in total. The SMILES string of the molecule is C=C(Br)CNc1ccc(C#N)cc1OC. The minimum Gasteiger partial charge on any atom is -0.495 e. The molecule has 0 aliphatic heterocycles. The van der Waals surface area contributed by atoms with Crippen LogP contribution < -0.4 is 10.1 Å². The van der Waals surface area contributed by atoms with Gasteiger partial charge in [0, 0.05) is 17.1 Å². The van der Waals surface area contributed by atoms with Gasteiger partial charge in [-0.2, -0.15) is 5.26 Å². The number of rotatable bonds is 4. The molecule has 15 heavy (non-hydrogen) atoms. The minimum atomic E-state index is 0.579. The second-order valence-corrected chi connectivity index (χ2v) is 4.02. The molecule has 0 saturated heterocycles. The fraction of sp³-hybridized carbons (Fsp3) is 0.182. The first-order valence-corrected chi connectivity index (χ1v) is 5.12. The zero-order valence-corrected chi connectivity index (χ0v) is 9.97. The Morgan fingerprint density at radius 3 is 2.93 bits per heavy atom. The molecule has 0 aromatic heterocycles. The van der Waals surface area contributed by atoms with Crippen molar-refractivity contribution in [2.45, 2.75) is 0 Å². The fourth-order valence-electron chi connectivity index (χ4n) is 1.10. The fourth-order valence-corrected chi connectivity index (χ4v) is 1.24. The first-order chi connectivity index (χ1) is 7.17. The van der Waals surface area contributed by atoms with Crippen LogP contribution in [-0.2, 0) is 0 Å². The summed E-state index contributed by atoms with van der Waals surface area (Å²) in [4.78, 5) is 0. The number of nitrogens with zero attached hydrogens (tertiary/aromatic N) is 1. The van der Waals surface area contributed by atoms with Crippen LogP contribution >= 0.6 is 15.9 Å². The second kappa shape index (κ2) is 5.42. The van der Waals surface area contributed by atoms with Crippen molar-refractivity contribution in [1.82, 2.24) is 0 Å². The molecule has 0 spiro atoms. The van der Waals surface area contributed by atoms with E-state index in [4.69, 9.17) is 10.00 Å². The summed E-state index contributed by atoms with van der Waals surface area (Å²) in [6.07, 6.45) is 0. The van der Waals surface area contributed by atoms with E-state index in [1.807, 2.05) is 6.07 Å². The van der Waals surface area contributed by atoms with E-state index in [0.29, 0.717) is 17.9 Å². The van der Waals surface area contributed by atoms with Gasteiger partial charge >= 0.3 is 0 Å². The summed E-state index contributed by atoms with van der Waals surface area (Å²) in [6.45, 7) is 4.33. The van der Waals surface area contributed by atoms with Crippen molar-refractivity contribution in [2.24, 2.45) is 0 Å². The Labute approximate surface area is 97.5 Å². The molecule has 0 fully saturated rings. The highest BCUT2D eigenvalue weighted by molar-refractivity contribution is 9.11. The highest BCUT2D eigenvalue weighted by Gasteiger charge is 2.03. The van der Waals surface area contributed by atoms with Crippen LogP contribution in [0.5, 0.6) is 5.75 Å². The highest BCUT2D eigenvalue weighted by atomic mass is 79.9. The Balaban J connectivity index is 2.88. The molecule has 0 aliphatic carbocycles. The van der Waals surface area contributed by atoms with Gasteiger partial charge in [0.2, 0.25) is 0 Å². The number of halogens is 1. The lowest BCUT2D eigenvalue weighted by Gasteiger charge is -2.10. The Morgan fingerprint density at radius 2 is 2.40 bits per heavy atom. The molecule has 0 saturated carbocycles. The average Bonchev–Trinajstić information content (AvgIpc) is 2.25. The third-order valence-electron chi connectivity index (χ3n) is 1.80. The average molecular weight is 267 g/mol. The summed E-state index contributed by atoms with van der Waals surface area (Å²) in [5.74, 6) is 0.655.